The number of hydrogen-bond donors (Lipinski definition) is 1. The van der Waals surface area contributed by atoms with E-state index in [0.29, 0.717) is 12.2 Å². The highest BCUT2D eigenvalue weighted by Gasteiger charge is 2.10. The number of carbonyl (C=O) groups is 1. The Kier molecular flexibility index (Phi) is 5.07. The van der Waals surface area contributed by atoms with Crippen molar-refractivity contribution in [2.75, 3.05) is 7.11 Å². The topological polar surface area (TPSA) is 63.8 Å². The maximum Gasteiger partial charge on any atom is 0.244 e. The minimum atomic E-state index is -0.163. The zero-order chi connectivity index (χ0) is 18.7. The Balaban J connectivity index is 1.69. The summed E-state index contributed by atoms with van der Waals surface area (Å²) in [7, 11) is 1.62. The van der Waals surface area contributed by atoms with E-state index in [4.69, 9.17) is 9.15 Å². The first-order valence-corrected chi connectivity index (χ1v) is 8.43. The number of benzene rings is 2. The summed E-state index contributed by atoms with van der Waals surface area (Å²) in [5.41, 5.74) is 7.54. The number of rotatable bonds is 5. The third-order valence-electron chi connectivity index (χ3n) is 4.40. The molecule has 0 radical (unpaired) electrons. The van der Waals surface area contributed by atoms with Crippen LogP contribution < -0.4 is 10.2 Å². The van der Waals surface area contributed by atoms with Crippen molar-refractivity contribution in [1.82, 2.24) is 5.43 Å². The van der Waals surface area contributed by atoms with E-state index in [1.807, 2.05) is 51.1 Å². The normalized spacial score (nSPS) is 11.2. The minimum absolute atomic E-state index is 0.163. The number of ether oxygens (including phenoxy) is 1. The van der Waals surface area contributed by atoms with Crippen LogP contribution in [0.5, 0.6) is 5.75 Å². The van der Waals surface area contributed by atoms with Crippen molar-refractivity contribution in [3.8, 4) is 5.75 Å². The van der Waals surface area contributed by atoms with Gasteiger partial charge in [-0.25, -0.2) is 5.43 Å². The monoisotopic (exact) mass is 350 g/mol. The lowest BCUT2D eigenvalue weighted by atomic mass is 10.0. The average molecular weight is 350 g/mol. The zero-order valence-corrected chi connectivity index (χ0v) is 15.4. The third-order valence-corrected chi connectivity index (χ3v) is 4.40. The second-order valence-electron chi connectivity index (χ2n) is 6.35. The first kappa shape index (κ1) is 17.7. The Bertz CT molecular complexity index is 986. The van der Waals surface area contributed by atoms with E-state index in [1.54, 1.807) is 7.11 Å². The number of carbonyl (C=O) groups excluding carboxylic acids is 1. The number of methoxy groups -OCH3 is 1. The van der Waals surface area contributed by atoms with Crippen LogP contribution >= 0.6 is 0 Å². The number of aryl methyl sites for hydroxylation is 3. The number of fused-ring (bicyclic) bond motifs is 1. The van der Waals surface area contributed by atoms with Crippen LogP contribution in [0.1, 0.15) is 28.0 Å². The van der Waals surface area contributed by atoms with Gasteiger partial charge in [0.15, 0.2) is 5.76 Å². The fourth-order valence-corrected chi connectivity index (χ4v) is 2.89. The van der Waals surface area contributed by atoms with E-state index in [1.165, 1.54) is 11.8 Å². The van der Waals surface area contributed by atoms with Crippen molar-refractivity contribution in [3.63, 3.8) is 0 Å². The summed E-state index contributed by atoms with van der Waals surface area (Å²) in [6.45, 7) is 5.99. The van der Waals surface area contributed by atoms with E-state index in [2.05, 4.69) is 16.6 Å². The highest BCUT2D eigenvalue weighted by atomic mass is 16.5. The molecule has 2 aromatic carbocycles. The van der Waals surface area contributed by atoms with Gasteiger partial charge in [0.25, 0.3) is 0 Å². The number of furan rings is 1. The van der Waals surface area contributed by atoms with Crippen LogP contribution in [-0.2, 0) is 11.2 Å². The van der Waals surface area contributed by atoms with Crippen LogP contribution in [0, 0.1) is 20.8 Å². The average Bonchev–Trinajstić information content (AvgIpc) is 2.93. The molecule has 26 heavy (non-hydrogen) atoms. The van der Waals surface area contributed by atoms with Crippen molar-refractivity contribution in [1.29, 1.82) is 0 Å². The van der Waals surface area contributed by atoms with E-state index >= 15 is 0 Å². The Labute approximate surface area is 152 Å². The standard InChI is InChI=1S/C21H22N2O3/c1-13-5-6-16(14(2)9-13)10-21(24)23-22-12-20-15(3)18-8-7-17(25-4)11-19(18)26-20/h5-9,11-12H,10H2,1-4H3,(H,23,24)/b22-12-. The molecule has 0 saturated heterocycles. The molecule has 0 bridgehead atoms. The van der Waals surface area contributed by atoms with Crippen LogP contribution in [0.4, 0.5) is 0 Å². The van der Waals surface area contributed by atoms with Gasteiger partial charge in [0, 0.05) is 17.0 Å². The molecule has 0 aliphatic rings. The van der Waals surface area contributed by atoms with Gasteiger partial charge in [0.2, 0.25) is 5.91 Å². The number of hydrazone groups is 1. The molecule has 0 fully saturated rings. The smallest absolute Gasteiger partial charge is 0.244 e. The molecule has 134 valence electrons. The summed E-state index contributed by atoms with van der Waals surface area (Å²) in [6.07, 6.45) is 1.82. The van der Waals surface area contributed by atoms with Gasteiger partial charge in [0.1, 0.15) is 11.3 Å². The first-order valence-electron chi connectivity index (χ1n) is 8.43. The van der Waals surface area contributed by atoms with Crippen LogP contribution in [-0.4, -0.2) is 19.2 Å². The maximum absolute atomic E-state index is 12.1. The first-order chi connectivity index (χ1) is 12.5. The largest absolute Gasteiger partial charge is 0.497 e. The van der Waals surface area contributed by atoms with Crippen molar-refractivity contribution in [3.05, 3.63) is 64.4 Å². The number of nitrogens with zero attached hydrogens (tertiary/aromatic N) is 1. The van der Waals surface area contributed by atoms with Gasteiger partial charge in [0.05, 0.1) is 19.7 Å². The molecular weight excluding hydrogens is 328 g/mol. The lowest BCUT2D eigenvalue weighted by molar-refractivity contribution is -0.120. The molecule has 5 nitrogen and oxygen atoms in total. The van der Waals surface area contributed by atoms with Crippen LogP contribution in [0.25, 0.3) is 11.0 Å². The lowest BCUT2D eigenvalue weighted by Crippen LogP contribution is -2.20. The van der Waals surface area contributed by atoms with Gasteiger partial charge in [-0.3, -0.25) is 4.79 Å². The Morgan fingerprint density at radius 3 is 2.73 bits per heavy atom. The van der Waals surface area contributed by atoms with Gasteiger partial charge >= 0.3 is 0 Å². The second kappa shape index (κ2) is 7.44. The molecule has 0 aliphatic carbocycles. The zero-order valence-electron chi connectivity index (χ0n) is 15.4. The molecule has 3 rings (SSSR count). The molecule has 3 aromatic rings. The van der Waals surface area contributed by atoms with Gasteiger partial charge in [-0.05, 0) is 44.0 Å². The van der Waals surface area contributed by atoms with E-state index in [9.17, 15) is 4.79 Å². The van der Waals surface area contributed by atoms with Gasteiger partial charge in [-0.1, -0.05) is 23.8 Å². The Hall–Kier alpha value is -3.08. The van der Waals surface area contributed by atoms with Gasteiger partial charge in [-0.2, -0.15) is 5.10 Å². The van der Waals surface area contributed by atoms with Crippen molar-refractivity contribution in [2.45, 2.75) is 27.2 Å². The van der Waals surface area contributed by atoms with Gasteiger partial charge < -0.3 is 9.15 Å². The van der Waals surface area contributed by atoms with Crippen LogP contribution in [0.2, 0.25) is 0 Å². The SMILES string of the molecule is COc1ccc2c(C)c(/C=N\NC(=O)Cc3ccc(C)cc3C)oc2c1. The third kappa shape index (κ3) is 3.77. The molecule has 0 atom stereocenters. The molecule has 1 N–H and O–H groups in total. The molecule has 0 aliphatic heterocycles. The highest BCUT2D eigenvalue weighted by molar-refractivity contribution is 5.92. The Morgan fingerprint density at radius 1 is 1.19 bits per heavy atom. The van der Waals surface area contributed by atoms with Crippen LogP contribution in [0.3, 0.4) is 0 Å². The molecule has 0 saturated carbocycles. The molecule has 5 heteroatoms. The maximum atomic E-state index is 12.1. The summed E-state index contributed by atoms with van der Waals surface area (Å²) in [4.78, 5) is 12.1. The van der Waals surface area contributed by atoms with E-state index < -0.39 is 0 Å². The Morgan fingerprint density at radius 2 is 2.00 bits per heavy atom. The number of nitrogens with one attached hydrogen (secondary N) is 1. The highest BCUT2D eigenvalue weighted by Crippen LogP contribution is 2.27. The molecule has 1 heterocycles. The molecule has 0 unspecified atom stereocenters. The fourth-order valence-electron chi connectivity index (χ4n) is 2.89. The second-order valence-corrected chi connectivity index (χ2v) is 6.35. The summed E-state index contributed by atoms with van der Waals surface area (Å²) in [6, 6.07) is 11.7. The van der Waals surface area contributed by atoms with Gasteiger partial charge in [-0.15, -0.1) is 0 Å². The number of amides is 1. The minimum Gasteiger partial charge on any atom is -0.497 e. The summed E-state index contributed by atoms with van der Waals surface area (Å²) in [5, 5.41) is 5.03. The lowest BCUT2D eigenvalue weighted by Gasteiger charge is -2.05. The summed E-state index contributed by atoms with van der Waals surface area (Å²) >= 11 is 0. The van der Waals surface area contributed by atoms with Crippen LogP contribution in [0.15, 0.2) is 45.9 Å². The fraction of sp³-hybridized carbons (Fsp3) is 0.238. The molecule has 0 spiro atoms. The molecular formula is C21H22N2O3. The van der Waals surface area contributed by atoms with Crippen molar-refractivity contribution in [2.24, 2.45) is 5.10 Å². The quantitative estimate of drug-likeness (QED) is 0.557. The summed E-state index contributed by atoms with van der Waals surface area (Å²) < 4.78 is 11.0. The predicted molar refractivity (Wildman–Crippen MR) is 103 cm³/mol. The molecule has 1 aromatic heterocycles. The summed E-state index contributed by atoms with van der Waals surface area (Å²) in [5.74, 6) is 1.18. The van der Waals surface area contributed by atoms with E-state index in [0.717, 1.165) is 33.4 Å². The van der Waals surface area contributed by atoms with E-state index in [-0.39, 0.29) is 5.91 Å². The van der Waals surface area contributed by atoms with Crippen molar-refractivity contribution < 1.29 is 13.9 Å². The predicted octanol–water partition coefficient (Wildman–Crippen LogP) is 4.06. The number of hydrogen-bond acceptors (Lipinski definition) is 4. The van der Waals surface area contributed by atoms with Crippen molar-refractivity contribution >= 4 is 23.1 Å². The molecule has 1 amide bonds.